The van der Waals surface area contributed by atoms with Gasteiger partial charge in [0.05, 0.1) is 11.1 Å². The summed E-state index contributed by atoms with van der Waals surface area (Å²) in [6.45, 7) is 2.12. The lowest BCUT2D eigenvalue weighted by Crippen LogP contribution is -2.31. The number of imide groups is 1. The van der Waals surface area contributed by atoms with E-state index in [0.717, 1.165) is 42.8 Å². The minimum absolute atomic E-state index is 0.113. The van der Waals surface area contributed by atoms with Crippen LogP contribution in [-0.2, 0) is 5.75 Å². The van der Waals surface area contributed by atoms with E-state index in [-0.39, 0.29) is 17.7 Å². The normalized spacial score (nSPS) is 16.0. The topological polar surface area (TPSA) is 57.7 Å². The molecule has 0 unspecified atom stereocenters. The third-order valence-corrected chi connectivity index (χ3v) is 6.21. The van der Waals surface area contributed by atoms with E-state index in [0.29, 0.717) is 23.4 Å². The molecule has 5 nitrogen and oxygen atoms in total. The van der Waals surface area contributed by atoms with Crippen LogP contribution in [0.15, 0.2) is 48.5 Å². The van der Waals surface area contributed by atoms with Crippen LogP contribution in [0.3, 0.4) is 0 Å². The fourth-order valence-corrected chi connectivity index (χ4v) is 4.52. The number of likely N-dealkylation sites (tertiary alicyclic amines) is 1. The van der Waals surface area contributed by atoms with Gasteiger partial charge in [-0.1, -0.05) is 24.3 Å². The van der Waals surface area contributed by atoms with Crippen molar-refractivity contribution in [2.24, 2.45) is 0 Å². The summed E-state index contributed by atoms with van der Waals surface area (Å²) >= 11 is 1.67. The SMILES string of the molecule is O=C(c1ccc(CSCCN2C(=O)c3ccccc3C2=O)cc1)N1CCCC1. The van der Waals surface area contributed by atoms with Crippen molar-refractivity contribution in [2.45, 2.75) is 18.6 Å². The minimum Gasteiger partial charge on any atom is -0.339 e. The number of nitrogens with zero attached hydrogens (tertiary/aromatic N) is 2. The smallest absolute Gasteiger partial charge is 0.261 e. The van der Waals surface area contributed by atoms with E-state index in [2.05, 4.69) is 0 Å². The van der Waals surface area contributed by atoms with Crippen molar-refractivity contribution in [2.75, 3.05) is 25.4 Å². The molecule has 1 saturated heterocycles. The monoisotopic (exact) mass is 394 g/mol. The summed E-state index contributed by atoms with van der Waals surface area (Å²) in [5, 5.41) is 0. The lowest BCUT2D eigenvalue weighted by Gasteiger charge is -2.15. The number of amides is 3. The van der Waals surface area contributed by atoms with Gasteiger partial charge in [0.1, 0.15) is 0 Å². The lowest BCUT2D eigenvalue weighted by molar-refractivity contribution is 0.0663. The van der Waals surface area contributed by atoms with E-state index in [1.807, 2.05) is 29.2 Å². The molecule has 0 radical (unpaired) electrons. The molecule has 0 spiro atoms. The number of fused-ring (bicyclic) bond motifs is 1. The maximum Gasteiger partial charge on any atom is 0.261 e. The van der Waals surface area contributed by atoms with Gasteiger partial charge in [-0.15, -0.1) is 0 Å². The molecule has 2 aromatic rings. The predicted octanol–water partition coefficient (Wildman–Crippen LogP) is 3.45. The van der Waals surface area contributed by atoms with E-state index in [4.69, 9.17) is 0 Å². The lowest BCUT2D eigenvalue weighted by atomic mass is 10.1. The first-order chi connectivity index (χ1) is 13.6. The molecule has 6 heteroatoms. The molecule has 0 N–H and O–H groups in total. The van der Waals surface area contributed by atoms with Crippen molar-refractivity contribution in [3.8, 4) is 0 Å². The summed E-state index contributed by atoms with van der Waals surface area (Å²) < 4.78 is 0. The van der Waals surface area contributed by atoms with Crippen molar-refractivity contribution in [3.63, 3.8) is 0 Å². The minimum atomic E-state index is -0.203. The summed E-state index contributed by atoms with van der Waals surface area (Å²) in [6, 6.07) is 14.7. The molecule has 0 atom stereocenters. The van der Waals surface area contributed by atoms with Crippen LogP contribution in [0.4, 0.5) is 0 Å². The molecule has 0 aliphatic carbocycles. The van der Waals surface area contributed by atoms with Crippen LogP contribution in [0.2, 0.25) is 0 Å². The van der Waals surface area contributed by atoms with Crippen molar-refractivity contribution < 1.29 is 14.4 Å². The van der Waals surface area contributed by atoms with Crippen molar-refractivity contribution >= 4 is 29.5 Å². The molecule has 1 fully saturated rings. The van der Waals surface area contributed by atoms with E-state index in [1.165, 1.54) is 4.90 Å². The van der Waals surface area contributed by atoms with Crippen LogP contribution in [0.5, 0.6) is 0 Å². The third kappa shape index (κ3) is 3.69. The number of rotatable bonds is 6. The van der Waals surface area contributed by atoms with Crippen molar-refractivity contribution in [1.82, 2.24) is 9.80 Å². The molecule has 28 heavy (non-hydrogen) atoms. The number of thioether (sulfide) groups is 1. The highest BCUT2D eigenvalue weighted by Crippen LogP contribution is 2.23. The number of carbonyl (C=O) groups is 3. The van der Waals surface area contributed by atoms with Gasteiger partial charge in [0.25, 0.3) is 17.7 Å². The van der Waals surface area contributed by atoms with Gasteiger partial charge in [-0.25, -0.2) is 0 Å². The summed E-state index contributed by atoms with van der Waals surface area (Å²) in [6.07, 6.45) is 2.18. The average Bonchev–Trinajstić information content (AvgIpc) is 3.35. The second-order valence-electron chi connectivity index (χ2n) is 7.06. The molecule has 3 amide bonds. The van der Waals surface area contributed by atoms with Gasteiger partial charge in [0.15, 0.2) is 0 Å². The number of hydrogen-bond acceptors (Lipinski definition) is 4. The molecular formula is C22H22N2O3S. The first kappa shape index (κ1) is 18.7. The molecule has 2 aliphatic rings. The Hall–Kier alpha value is -2.60. The summed E-state index contributed by atoms with van der Waals surface area (Å²) in [4.78, 5) is 40.3. The van der Waals surface area contributed by atoms with E-state index >= 15 is 0 Å². The molecule has 2 aromatic carbocycles. The second-order valence-corrected chi connectivity index (χ2v) is 8.16. The van der Waals surface area contributed by atoms with Crippen LogP contribution >= 0.6 is 11.8 Å². The molecule has 4 rings (SSSR count). The summed E-state index contributed by atoms with van der Waals surface area (Å²) in [5.41, 5.74) is 2.86. The van der Waals surface area contributed by atoms with Gasteiger partial charge in [0.2, 0.25) is 0 Å². The summed E-state index contributed by atoms with van der Waals surface area (Å²) in [5.74, 6) is 1.17. The Morgan fingerprint density at radius 1 is 0.893 bits per heavy atom. The van der Waals surface area contributed by atoms with Gasteiger partial charge < -0.3 is 4.90 Å². The fraction of sp³-hybridized carbons (Fsp3) is 0.318. The van der Waals surface area contributed by atoms with Gasteiger partial charge in [-0.3, -0.25) is 19.3 Å². The van der Waals surface area contributed by atoms with Crippen LogP contribution in [0, 0.1) is 0 Å². The zero-order chi connectivity index (χ0) is 19.5. The zero-order valence-electron chi connectivity index (χ0n) is 15.6. The van der Waals surface area contributed by atoms with E-state index in [9.17, 15) is 14.4 Å². The van der Waals surface area contributed by atoms with Gasteiger partial charge in [0, 0.05) is 36.7 Å². The number of hydrogen-bond donors (Lipinski definition) is 0. The Morgan fingerprint density at radius 2 is 1.50 bits per heavy atom. The molecule has 144 valence electrons. The number of benzene rings is 2. The van der Waals surface area contributed by atoms with E-state index < -0.39 is 0 Å². The molecule has 0 saturated carbocycles. The molecular weight excluding hydrogens is 372 g/mol. The van der Waals surface area contributed by atoms with Crippen LogP contribution in [0.1, 0.15) is 49.5 Å². The standard InChI is InChI=1S/C22H22N2O3S/c25-20(23-11-3-4-12-23)17-9-7-16(8-10-17)15-28-14-13-24-21(26)18-5-1-2-6-19(18)22(24)27/h1-2,5-10H,3-4,11-15H2. The largest absolute Gasteiger partial charge is 0.339 e. The molecule has 0 bridgehead atoms. The number of carbonyl (C=O) groups excluding carboxylic acids is 3. The average molecular weight is 394 g/mol. The van der Waals surface area contributed by atoms with Crippen LogP contribution in [0.25, 0.3) is 0 Å². The maximum atomic E-state index is 12.4. The van der Waals surface area contributed by atoms with E-state index in [1.54, 1.807) is 36.0 Å². The molecule has 2 aliphatic heterocycles. The zero-order valence-corrected chi connectivity index (χ0v) is 16.4. The molecule has 0 aromatic heterocycles. The van der Waals surface area contributed by atoms with Crippen LogP contribution in [-0.4, -0.2) is 52.9 Å². The summed E-state index contributed by atoms with van der Waals surface area (Å²) in [7, 11) is 0. The highest BCUT2D eigenvalue weighted by atomic mass is 32.2. The Labute approximate surface area is 168 Å². The third-order valence-electron chi connectivity index (χ3n) is 5.20. The van der Waals surface area contributed by atoms with Crippen LogP contribution < -0.4 is 0 Å². The van der Waals surface area contributed by atoms with Gasteiger partial charge in [-0.05, 0) is 42.7 Å². The highest BCUT2D eigenvalue weighted by Gasteiger charge is 2.34. The maximum absolute atomic E-state index is 12.4. The second kappa shape index (κ2) is 8.19. The quantitative estimate of drug-likeness (QED) is 0.556. The predicted molar refractivity (Wildman–Crippen MR) is 110 cm³/mol. The molecule has 2 heterocycles. The highest BCUT2D eigenvalue weighted by molar-refractivity contribution is 7.98. The Morgan fingerprint density at radius 3 is 2.11 bits per heavy atom. The van der Waals surface area contributed by atoms with Gasteiger partial charge in [-0.2, -0.15) is 11.8 Å². The Bertz CT molecular complexity index is 869. The fourth-order valence-electron chi connectivity index (χ4n) is 3.63. The first-order valence-electron chi connectivity index (χ1n) is 9.56. The Kier molecular flexibility index (Phi) is 5.48. The van der Waals surface area contributed by atoms with Crippen molar-refractivity contribution in [1.29, 1.82) is 0 Å². The first-order valence-corrected chi connectivity index (χ1v) is 10.7. The van der Waals surface area contributed by atoms with Gasteiger partial charge >= 0.3 is 0 Å². The Balaban J connectivity index is 1.26. The van der Waals surface area contributed by atoms with Crippen molar-refractivity contribution in [3.05, 3.63) is 70.8 Å².